The minimum atomic E-state index is -0.0855. The fourth-order valence-electron chi connectivity index (χ4n) is 6.14. The molecule has 108 valence electrons. The van der Waals surface area contributed by atoms with Gasteiger partial charge in [-0.3, -0.25) is 4.79 Å². The Bertz CT molecular complexity index is 386. The Balaban J connectivity index is 1.82. The molecule has 4 saturated carbocycles. The number of carbonyl (C=O) groups is 1. The summed E-state index contributed by atoms with van der Waals surface area (Å²) < 4.78 is 0. The molecule has 0 saturated heterocycles. The highest BCUT2D eigenvalue weighted by Gasteiger charge is 2.62. The molecule has 0 aromatic heterocycles. The van der Waals surface area contributed by atoms with Crippen LogP contribution in [0.5, 0.6) is 0 Å². The van der Waals surface area contributed by atoms with Gasteiger partial charge in [-0.05, 0) is 62.2 Å². The third-order valence-electron chi connectivity index (χ3n) is 5.69. The Labute approximate surface area is 116 Å². The lowest BCUT2D eigenvalue weighted by atomic mass is 9.40. The summed E-state index contributed by atoms with van der Waals surface area (Å²) >= 11 is 0. The van der Waals surface area contributed by atoms with Crippen LogP contribution in [0.4, 0.5) is 0 Å². The Hall–Kier alpha value is -0.570. The number of hydrogen-bond acceptors (Lipinski definition) is 2. The van der Waals surface area contributed by atoms with Gasteiger partial charge in [0.2, 0.25) is 5.91 Å². The molecular weight excluding hydrogens is 236 g/mol. The molecule has 4 fully saturated rings. The average molecular weight is 264 g/mol. The maximum atomic E-state index is 12.7. The molecule has 4 rings (SSSR count). The van der Waals surface area contributed by atoms with E-state index in [1.54, 1.807) is 0 Å². The zero-order valence-corrected chi connectivity index (χ0v) is 12.6. The van der Waals surface area contributed by atoms with E-state index in [9.17, 15) is 4.79 Å². The Morgan fingerprint density at radius 3 is 2.26 bits per heavy atom. The second-order valence-corrected chi connectivity index (χ2v) is 8.60. The van der Waals surface area contributed by atoms with Crippen molar-refractivity contribution < 1.29 is 4.79 Å². The summed E-state index contributed by atoms with van der Waals surface area (Å²) in [4.78, 5) is 12.7. The summed E-state index contributed by atoms with van der Waals surface area (Å²) in [5.41, 5.74) is 6.49. The van der Waals surface area contributed by atoms with Crippen LogP contribution < -0.4 is 11.1 Å². The van der Waals surface area contributed by atoms with E-state index < -0.39 is 0 Å². The summed E-state index contributed by atoms with van der Waals surface area (Å²) in [6.45, 7) is 7.37. The first kappa shape index (κ1) is 13.4. The van der Waals surface area contributed by atoms with Gasteiger partial charge in [0.05, 0.1) is 5.41 Å². The molecule has 0 aromatic rings. The van der Waals surface area contributed by atoms with Gasteiger partial charge in [-0.15, -0.1) is 0 Å². The molecule has 3 heteroatoms. The highest BCUT2D eigenvalue weighted by molar-refractivity contribution is 5.83. The lowest BCUT2D eigenvalue weighted by Crippen LogP contribution is -2.60. The van der Waals surface area contributed by atoms with Crippen molar-refractivity contribution in [1.82, 2.24) is 5.32 Å². The van der Waals surface area contributed by atoms with Crippen LogP contribution in [0.15, 0.2) is 0 Å². The van der Waals surface area contributed by atoms with E-state index >= 15 is 0 Å². The molecular formula is C16H28N2O. The van der Waals surface area contributed by atoms with Crippen molar-refractivity contribution in [2.24, 2.45) is 27.9 Å². The number of hydrogen-bond donors (Lipinski definition) is 2. The maximum absolute atomic E-state index is 12.7. The molecule has 19 heavy (non-hydrogen) atoms. The molecule has 1 amide bonds. The highest BCUT2D eigenvalue weighted by Crippen LogP contribution is 2.69. The maximum Gasteiger partial charge on any atom is 0.226 e. The van der Waals surface area contributed by atoms with Crippen molar-refractivity contribution >= 4 is 5.91 Å². The largest absolute Gasteiger partial charge is 0.354 e. The fraction of sp³-hybridized carbons (Fsp3) is 0.938. The van der Waals surface area contributed by atoms with Crippen LogP contribution in [0, 0.1) is 22.2 Å². The van der Waals surface area contributed by atoms with E-state index in [4.69, 9.17) is 5.73 Å². The first-order valence-electron chi connectivity index (χ1n) is 7.78. The van der Waals surface area contributed by atoms with Crippen molar-refractivity contribution in [2.45, 2.75) is 65.3 Å². The minimum Gasteiger partial charge on any atom is -0.354 e. The monoisotopic (exact) mass is 264 g/mol. The zero-order valence-electron chi connectivity index (χ0n) is 12.6. The lowest BCUT2D eigenvalue weighted by Gasteiger charge is -2.64. The molecule has 0 spiro atoms. The quantitative estimate of drug-likeness (QED) is 0.822. The molecule has 3 N–H and O–H groups in total. The first-order chi connectivity index (χ1) is 8.74. The Kier molecular flexibility index (Phi) is 2.80. The smallest absolute Gasteiger partial charge is 0.226 e. The van der Waals surface area contributed by atoms with E-state index in [0.717, 1.165) is 25.2 Å². The average Bonchev–Trinajstić information content (AvgIpc) is 2.20. The molecule has 4 bridgehead atoms. The number of amides is 1. The molecule has 3 nitrogen and oxygen atoms in total. The molecule has 0 aliphatic heterocycles. The summed E-state index contributed by atoms with van der Waals surface area (Å²) in [7, 11) is 0. The van der Waals surface area contributed by atoms with Gasteiger partial charge >= 0.3 is 0 Å². The van der Waals surface area contributed by atoms with Crippen LogP contribution >= 0.6 is 0 Å². The zero-order chi connectivity index (χ0) is 13.9. The topological polar surface area (TPSA) is 55.1 Å². The number of carbonyl (C=O) groups excluding carboxylic acids is 1. The molecule has 0 aromatic carbocycles. The van der Waals surface area contributed by atoms with Crippen LogP contribution in [-0.4, -0.2) is 18.5 Å². The van der Waals surface area contributed by atoms with Gasteiger partial charge < -0.3 is 11.1 Å². The normalized spacial score (nSPS) is 49.2. The predicted octanol–water partition coefficient (Wildman–Crippen LogP) is 2.45. The molecule has 4 aliphatic rings. The van der Waals surface area contributed by atoms with E-state index in [0.29, 0.717) is 17.4 Å². The predicted molar refractivity (Wildman–Crippen MR) is 76.5 cm³/mol. The molecule has 0 heterocycles. The SMILES string of the molecule is CC(N)CNC(=O)C12CC3CC(C)(CC(C)(C3)C1)C2. The third kappa shape index (κ3) is 2.20. The number of nitrogens with one attached hydrogen (secondary N) is 1. The van der Waals surface area contributed by atoms with Crippen LogP contribution in [-0.2, 0) is 4.79 Å². The lowest BCUT2D eigenvalue weighted by molar-refractivity contribution is -0.170. The van der Waals surface area contributed by atoms with Crippen molar-refractivity contribution in [1.29, 1.82) is 0 Å². The van der Waals surface area contributed by atoms with Crippen LogP contribution in [0.3, 0.4) is 0 Å². The van der Waals surface area contributed by atoms with Crippen LogP contribution in [0.2, 0.25) is 0 Å². The minimum absolute atomic E-state index is 0.0454. The van der Waals surface area contributed by atoms with Crippen LogP contribution in [0.1, 0.15) is 59.3 Å². The first-order valence-corrected chi connectivity index (χ1v) is 7.78. The second kappa shape index (κ2) is 3.97. The standard InChI is InChI=1S/C16H28N2O/c1-11(17)7-18-13(19)16-6-12-4-14(2,9-16)8-15(3,5-12)10-16/h11-12H,4-10,17H2,1-3H3,(H,18,19). The van der Waals surface area contributed by atoms with Crippen molar-refractivity contribution in [3.05, 3.63) is 0 Å². The molecule has 0 radical (unpaired) electrons. The fourth-order valence-corrected chi connectivity index (χ4v) is 6.14. The van der Waals surface area contributed by atoms with E-state index in [-0.39, 0.29) is 17.4 Å². The Morgan fingerprint density at radius 1 is 1.21 bits per heavy atom. The van der Waals surface area contributed by atoms with E-state index in [1.165, 1.54) is 19.3 Å². The Morgan fingerprint density at radius 2 is 1.79 bits per heavy atom. The van der Waals surface area contributed by atoms with Gasteiger partial charge in [-0.1, -0.05) is 13.8 Å². The number of rotatable bonds is 3. The molecule has 3 atom stereocenters. The number of nitrogens with two attached hydrogens (primary N) is 1. The molecule has 3 unspecified atom stereocenters. The van der Waals surface area contributed by atoms with Gasteiger partial charge in [0.25, 0.3) is 0 Å². The third-order valence-corrected chi connectivity index (χ3v) is 5.69. The van der Waals surface area contributed by atoms with E-state index in [2.05, 4.69) is 19.2 Å². The highest BCUT2D eigenvalue weighted by atomic mass is 16.2. The van der Waals surface area contributed by atoms with Crippen LogP contribution in [0.25, 0.3) is 0 Å². The second-order valence-electron chi connectivity index (χ2n) is 8.60. The summed E-state index contributed by atoms with van der Waals surface area (Å²) in [6.07, 6.45) is 7.30. The summed E-state index contributed by atoms with van der Waals surface area (Å²) in [5.74, 6) is 1.05. The molecule has 4 aliphatic carbocycles. The van der Waals surface area contributed by atoms with Gasteiger partial charge in [0, 0.05) is 12.6 Å². The summed E-state index contributed by atoms with van der Waals surface area (Å²) in [5, 5.41) is 3.11. The van der Waals surface area contributed by atoms with E-state index in [1.807, 2.05) is 6.92 Å². The van der Waals surface area contributed by atoms with Gasteiger partial charge in [-0.25, -0.2) is 0 Å². The van der Waals surface area contributed by atoms with Gasteiger partial charge in [-0.2, -0.15) is 0 Å². The van der Waals surface area contributed by atoms with Gasteiger partial charge in [0.1, 0.15) is 0 Å². The summed E-state index contributed by atoms with van der Waals surface area (Å²) in [6, 6.07) is 0.0454. The van der Waals surface area contributed by atoms with Gasteiger partial charge in [0.15, 0.2) is 0 Å². The van der Waals surface area contributed by atoms with Crippen molar-refractivity contribution in [3.8, 4) is 0 Å². The van der Waals surface area contributed by atoms with Crippen molar-refractivity contribution in [3.63, 3.8) is 0 Å². The van der Waals surface area contributed by atoms with Crippen molar-refractivity contribution in [2.75, 3.05) is 6.54 Å².